The van der Waals surface area contributed by atoms with E-state index in [2.05, 4.69) is 18.0 Å². The van der Waals surface area contributed by atoms with Crippen LogP contribution < -0.4 is 4.74 Å². The molecule has 0 aliphatic rings. The second-order valence-corrected chi connectivity index (χ2v) is 4.53. The highest BCUT2D eigenvalue weighted by molar-refractivity contribution is 6.29. The van der Waals surface area contributed by atoms with Crippen LogP contribution in [0.25, 0.3) is 0 Å². The Morgan fingerprint density at radius 2 is 1.71 bits per heavy atom. The molecule has 88 valence electrons. The van der Waals surface area contributed by atoms with Crippen LogP contribution in [-0.4, -0.2) is 4.98 Å². The molecule has 0 saturated heterocycles. The fourth-order valence-electron chi connectivity index (χ4n) is 1.65. The van der Waals surface area contributed by atoms with Crippen LogP contribution in [0.1, 0.15) is 16.7 Å². The summed E-state index contributed by atoms with van der Waals surface area (Å²) in [4.78, 5) is 4.02. The summed E-state index contributed by atoms with van der Waals surface area (Å²) in [7, 11) is 0. The van der Waals surface area contributed by atoms with Gasteiger partial charge in [-0.25, -0.2) is 4.98 Å². The van der Waals surface area contributed by atoms with E-state index < -0.39 is 0 Å². The van der Waals surface area contributed by atoms with E-state index in [0.717, 1.165) is 22.6 Å². The highest BCUT2D eigenvalue weighted by atomic mass is 35.5. The van der Waals surface area contributed by atoms with Gasteiger partial charge in [0.2, 0.25) is 0 Å². The highest BCUT2D eigenvalue weighted by Crippen LogP contribution is 2.28. The van der Waals surface area contributed by atoms with Crippen molar-refractivity contribution in [3.8, 4) is 11.5 Å². The van der Waals surface area contributed by atoms with Crippen LogP contribution in [0.4, 0.5) is 0 Å². The van der Waals surface area contributed by atoms with Crippen molar-refractivity contribution in [3.63, 3.8) is 0 Å². The summed E-state index contributed by atoms with van der Waals surface area (Å²) in [5.74, 6) is 1.59. The van der Waals surface area contributed by atoms with Crippen molar-refractivity contribution >= 4 is 11.6 Å². The predicted octanol–water partition coefficient (Wildman–Crippen LogP) is 4.45. The normalized spacial score (nSPS) is 10.4. The molecule has 1 aromatic heterocycles. The lowest BCUT2D eigenvalue weighted by Gasteiger charge is -2.11. The van der Waals surface area contributed by atoms with Gasteiger partial charge in [0.25, 0.3) is 0 Å². The van der Waals surface area contributed by atoms with E-state index in [1.165, 1.54) is 5.56 Å². The van der Waals surface area contributed by atoms with Crippen molar-refractivity contribution in [2.75, 3.05) is 0 Å². The molecule has 2 aromatic rings. The van der Waals surface area contributed by atoms with Crippen LogP contribution in [0.15, 0.2) is 30.5 Å². The fraction of sp³-hybridized carbons (Fsp3) is 0.214. The zero-order chi connectivity index (χ0) is 12.4. The first kappa shape index (κ1) is 11.9. The lowest BCUT2D eigenvalue weighted by atomic mass is 10.1. The average molecular weight is 248 g/mol. The van der Waals surface area contributed by atoms with Crippen LogP contribution in [0.2, 0.25) is 5.15 Å². The molecule has 0 aliphatic carbocycles. The topological polar surface area (TPSA) is 22.1 Å². The molecule has 3 heteroatoms. The number of halogens is 1. The lowest BCUT2D eigenvalue weighted by molar-refractivity contribution is 0.472. The fourth-order valence-corrected chi connectivity index (χ4v) is 1.86. The van der Waals surface area contributed by atoms with Crippen LogP contribution in [0, 0.1) is 20.8 Å². The Kier molecular flexibility index (Phi) is 3.34. The Morgan fingerprint density at radius 1 is 1.00 bits per heavy atom. The molecule has 1 heterocycles. The molecule has 0 N–H and O–H groups in total. The molecule has 0 radical (unpaired) electrons. The Morgan fingerprint density at radius 3 is 2.35 bits per heavy atom. The zero-order valence-corrected chi connectivity index (χ0v) is 10.9. The van der Waals surface area contributed by atoms with E-state index in [1.807, 2.05) is 26.0 Å². The Hall–Kier alpha value is -1.54. The molecule has 0 atom stereocenters. The molecular formula is C14H14ClNO. The molecule has 0 aliphatic heterocycles. The van der Waals surface area contributed by atoms with Gasteiger partial charge in [-0.1, -0.05) is 29.3 Å². The summed E-state index contributed by atoms with van der Waals surface area (Å²) >= 11 is 5.81. The van der Waals surface area contributed by atoms with Crippen molar-refractivity contribution in [2.24, 2.45) is 0 Å². The van der Waals surface area contributed by atoms with Gasteiger partial charge in [-0.15, -0.1) is 0 Å². The Balaban J connectivity index is 2.31. The van der Waals surface area contributed by atoms with Gasteiger partial charge in [-0.2, -0.15) is 0 Å². The van der Waals surface area contributed by atoms with Crippen LogP contribution >= 0.6 is 11.6 Å². The summed E-state index contributed by atoms with van der Waals surface area (Å²) in [6, 6.07) is 7.88. The number of pyridine rings is 1. The molecule has 0 bridgehead atoms. The van der Waals surface area contributed by atoms with Gasteiger partial charge in [-0.3, -0.25) is 0 Å². The SMILES string of the molecule is Cc1ccc(Oc2cnc(Cl)cc2C)c(C)c1. The molecule has 0 saturated carbocycles. The van der Waals surface area contributed by atoms with E-state index in [1.54, 1.807) is 12.3 Å². The first-order valence-electron chi connectivity index (χ1n) is 5.43. The molecule has 0 amide bonds. The van der Waals surface area contributed by atoms with Gasteiger partial charge in [0.05, 0.1) is 6.20 Å². The molecule has 2 rings (SSSR count). The van der Waals surface area contributed by atoms with Crippen LogP contribution in [-0.2, 0) is 0 Å². The lowest BCUT2D eigenvalue weighted by Crippen LogP contribution is -1.91. The van der Waals surface area contributed by atoms with Crippen molar-refractivity contribution in [3.05, 3.63) is 52.3 Å². The Bertz CT molecular complexity index is 502. The second kappa shape index (κ2) is 4.76. The largest absolute Gasteiger partial charge is 0.455 e. The van der Waals surface area contributed by atoms with Crippen molar-refractivity contribution < 1.29 is 4.74 Å². The number of ether oxygens (including phenoxy) is 1. The number of hydrogen-bond donors (Lipinski definition) is 0. The predicted molar refractivity (Wildman–Crippen MR) is 70.0 cm³/mol. The maximum atomic E-state index is 5.83. The summed E-state index contributed by atoms with van der Waals surface area (Å²) < 4.78 is 5.83. The van der Waals surface area contributed by atoms with E-state index in [9.17, 15) is 0 Å². The summed E-state index contributed by atoms with van der Waals surface area (Å²) in [6.45, 7) is 6.04. The van der Waals surface area contributed by atoms with Crippen molar-refractivity contribution in [2.45, 2.75) is 20.8 Å². The van der Waals surface area contributed by atoms with Gasteiger partial charge in [-0.05, 0) is 44.0 Å². The maximum Gasteiger partial charge on any atom is 0.148 e. The number of hydrogen-bond acceptors (Lipinski definition) is 2. The molecule has 0 fully saturated rings. The minimum Gasteiger partial charge on any atom is -0.455 e. The van der Waals surface area contributed by atoms with Crippen LogP contribution in [0.5, 0.6) is 11.5 Å². The smallest absolute Gasteiger partial charge is 0.148 e. The van der Waals surface area contributed by atoms with Gasteiger partial charge < -0.3 is 4.74 Å². The molecule has 1 aromatic carbocycles. The minimum atomic E-state index is 0.482. The number of aromatic nitrogens is 1. The highest BCUT2D eigenvalue weighted by Gasteiger charge is 2.05. The zero-order valence-electron chi connectivity index (χ0n) is 10.1. The molecule has 17 heavy (non-hydrogen) atoms. The summed E-state index contributed by atoms with van der Waals surface area (Å²) in [6.07, 6.45) is 1.65. The third-order valence-corrected chi connectivity index (χ3v) is 2.79. The maximum absolute atomic E-state index is 5.83. The standard InChI is InChI=1S/C14H14ClNO/c1-9-4-5-12(10(2)6-9)17-13-8-16-14(15)7-11(13)3/h4-8H,1-3H3. The van der Waals surface area contributed by atoms with Crippen molar-refractivity contribution in [1.82, 2.24) is 4.98 Å². The number of nitrogens with zero attached hydrogens (tertiary/aromatic N) is 1. The molecule has 2 nitrogen and oxygen atoms in total. The number of benzene rings is 1. The number of rotatable bonds is 2. The van der Waals surface area contributed by atoms with Gasteiger partial charge in [0, 0.05) is 0 Å². The Labute approximate surface area is 106 Å². The molecule has 0 spiro atoms. The summed E-state index contributed by atoms with van der Waals surface area (Å²) in [5, 5.41) is 0.482. The molecule has 0 unspecified atom stereocenters. The first-order chi connectivity index (χ1) is 8.06. The van der Waals surface area contributed by atoms with E-state index in [4.69, 9.17) is 16.3 Å². The summed E-state index contributed by atoms with van der Waals surface area (Å²) in [5.41, 5.74) is 3.31. The van der Waals surface area contributed by atoms with Crippen LogP contribution in [0.3, 0.4) is 0 Å². The van der Waals surface area contributed by atoms with Gasteiger partial charge in [0.1, 0.15) is 16.7 Å². The molecular weight excluding hydrogens is 234 g/mol. The van der Waals surface area contributed by atoms with E-state index >= 15 is 0 Å². The third-order valence-electron chi connectivity index (χ3n) is 2.58. The monoisotopic (exact) mass is 247 g/mol. The van der Waals surface area contributed by atoms with Crippen molar-refractivity contribution in [1.29, 1.82) is 0 Å². The second-order valence-electron chi connectivity index (χ2n) is 4.14. The van der Waals surface area contributed by atoms with E-state index in [0.29, 0.717) is 5.15 Å². The quantitative estimate of drug-likeness (QED) is 0.732. The van der Waals surface area contributed by atoms with Gasteiger partial charge >= 0.3 is 0 Å². The van der Waals surface area contributed by atoms with Gasteiger partial charge in [0.15, 0.2) is 0 Å². The van der Waals surface area contributed by atoms with E-state index in [-0.39, 0.29) is 0 Å². The minimum absolute atomic E-state index is 0.482. The third kappa shape index (κ3) is 2.77. The average Bonchev–Trinajstić information content (AvgIpc) is 2.25. The first-order valence-corrected chi connectivity index (χ1v) is 5.81. The number of aryl methyl sites for hydroxylation is 3.